The van der Waals surface area contributed by atoms with E-state index in [-0.39, 0.29) is 6.10 Å². The minimum atomic E-state index is -4.40. The Morgan fingerprint density at radius 1 is 1.30 bits per heavy atom. The molecule has 0 heterocycles. The van der Waals surface area contributed by atoms with Crippen LogP contribution in [-0.4, -0.2) is 20.5 Å². The van der Waals surface area contributed by atoms with E-state index in [0.717, 1.165) is 12.5 Å². The third kappa shape index (κ3) is 3.03. The van der Waals surface area contributed by atoms with E-state index < -0.39 is 41.3 Å². The molecule has 0 aromatic heterocycles. The van der Waals surface area contributed by atoms with Gasteiger partial charge < -0.3 is 4.74 Å². The Morgan fingerprint density at radius 2 is 1.90 bits per heavy atom. The van der Waals surface area contributed by atoms with E-state index >= 15 is 0 Å². The number of ether oxygens (including phenoxy) is 1. The van der Waals surface area contributed by atoms with E-state index in [4.69, 9.17) is 38.6 Å². The monoisotopic (exact) mass is 360 g/mol. The minimum Gasteiger partial charge on any atom is -0.459 e. The fraction of sp³-hybridized carbons (Fsp3) is 0.364. The maximum atomic E-state index is 13.6. The lowest BCUT2D eigenvalue weighted by atomic mass is 9.96. The molecule has 0 amide bonds. The average molecular weight is 362 g/mol. The zero-order chi connectivity index (χ0) is 15.1. The van der Waals surface area contributed by atoms with Crippen molar-refractivity contribution >= 4 is 48.9 Å². The van der Waals surface area contributed by atoms with E-state index in [9.17, 15) is 17.6 Å². The van der Waals surface area contributed by atoms with Crippen molar-refractivity contribution in [3.8, 4) is 0 Å². The predicted molar refractivity (Wildman–Crippen MR) is 72.5 cm³/mol. The number of carbonyl (C=O) groups is 1. The van der Waals surface area contributed by atoms with Crippen molar-refractivity contribution in [2.24, 2.45) is 0 Å². The van der Waals surface area contributed by atoms with E-state index in [1.807, 2.05) is 0 Å². The van der Waals surface area contributed by atoms with Crippen LogP contribution in [0.5, 0.6) is 0 Å². The number of hydrogen-bond acceptors (Lipinski definition) is 4. The second kappa shape index (κ2) is 5.67. The molecule has 0 unspecified atom stereocenters. The van der Waals surface area contributed by atoms with Gasteiger partial charge in [0.15, 0.2) is 0 Å². The summed E-state index contributed by atoms with van der Waals surface area (Å²) in [7, 11) is 0.744. The molecule has 0 radical (unpaired) electrons. The van der Waals surface area contributed by atoms with Crippen LogP contribution in [-0.2, 0) is 13.8 Å². The van der Waals surface area contributed by atoms with Gasteiger partial charge in [-0.05, 0) is 25.3 Å². The van der Waals surface area contributed by atoms with E-state index in [0.29, 0.717) is 12.8 Å². The smallest absolute Gasteiger partial charge is 0.340 e. The van der Waals surface area contributed by atoms with Crippen LogP contribution >= 0.6 is 33.9 Å². The molecule has 1 aromatic carbocycles. The molecule has 0 N–H and O–H groups in total. The van der Waals surface area contributed by atoms with Crippen molar-refractivity contribution in [2.75, 3.05) is 0 Å². The number of halogens is 4. The fourth-order valence-corrected chi connectivity index (χ4v) is 4.02. The van der Waals surface area contributed by atoms with Crippen molar-refractivity contribution in [1.29, 1.82) is 0 Å². The summed E-state index contributed by atoms with van der Waals surface area (Å²) >= 11 is 11.3. The largest absolute Gasteiger partial charge is 0.459 e. The number of esters is 1. The van der Waals surface area contributed by atoms with Gasteiger partial charge in [-0.2, -0.15) is 0 Å². The molecule has 1 saturated carbocycles. The molecule has 4 nitrogen and oxygen atoms in total. The standard InChI is InChI=1S/C11H8Cl3FO4S/c12-8-6(11(16)19-5-2-1-3-5)4-7(15)9(13)10(8)20(14,17)18/h4-5H,1-3H2. The van der Waals surface area contributed by atoms with Crippen LogP contribution in [0.4, 0.5) is 4.39 Å². The zero-order valence-corrected chi connectivity index (χ0v) is 12.9. The highest BCUT2D eigenvalue weighted by Gasteiger charge is 2.30. The first-order valence-corrected chi connectivity index (χ1v) is 8.61. The maximum absolute atomic E-state index is 13.6. The van der Waals surface area contributed by atoms with Crippen molar-refractivity contribution in [3.05, 3.63) is 27.5 Å². The van der Waals surface area contributed by atoms with Gasteiger partial charge in [-0.1, -0.05) is 23.2 Å². The molecule has 0 aliphatic heterocycles. The summed E-state index contributed by atoms with van der Waals surface area (Å²) in [5.41, 5.74) is -0.417. The second-order valence-electron chi connectivity index (χ2n) is 4.26. The third-order valence-electron chi connectivity index (χ3n) is 2.91. The van der Waals surface area contributed by atoms with Gasteiger partial charge in [0.1, 0.15) is 16.8 Å². The normalized spacial score (nSPS) is 15.8. The van der Waals surface area contributed by atoms with Gasteiger partial charge in [-0.15, -0.1) is 0 Å². The van der Waals surface area contributed by atoms with Gasteiger partial charge in [0.05, 0.1) is 15.6 Å². The molecule has 1 aliphatic rings. The Labute approximate surface area is 129 Å². The van der Waals surface area contributed by atoms with E-state index in [2.05, 4.69) is 0 Å². The predicted octanol–water partition coefficient (Wildman–Crippen LogP) is 3.77. The summed E-state index contributed by atoms with van der Waals surface area (Å²) in [6.07, 6.45) is 2.09. The first kappa shape index (κ1) is 15.8. The van der Waals surface area contributed by atoms with Crippen LogP contribution in [0.15, 0.2) is 11.0 Å². The van der Waals surface area contributed by atoms with Crippen molar-refractivity contribution in [1.82, 2.24) is 0 Å². The quantitative estimate of drug-likeness (QED) is 0.467. The summed E-state index contributed by atoms with van der Waals surface area (Å²) in [5, 5.41) is -1.30. The van der Waals surface area contributed by atoms with Crippen LogP contribution in [0.25, 0.3) is 0 Å². The summed E-state index contributed by atoms with van der Waals surface area (Å²) < 4.78 is 41.4. The minimum absolute atomic E-state index is 0.256. The van der Waals surface area contributed by atoms with E-state index in [1.165, 1.54) is 0 Å². The molecule has 9 heteroatoms. The molecular weight excluding hydrogens is 354 g/mol. The summed E-state index contributed by atoms with van der Waals surface area (Å²) in [6, 6.07) is 0.733. The lowest BCUT2D eigenvalue weighted by Gasteiger charge is -2.25. The molecule has 2 rings (SSSR count). The number of carbonyl (C=O) groups excluding carboxylic acids is 1. The van der Waals surface area contributed by atoms with Crippen LogP contribution in [0, 0.1) is 5.82 Å². The molecule has 1 aromatic rings. The molecule has 1 aliphatic carbocycles. The molecule has 0 spiro atoms. The first-order valence-electron chi connectivity index (χ1n) is 5.55. The Bertz CT molecular complexity index is 671. The highest BCUT2D eigenvalue weighted by Crippen LogP contribution is 2.37. The molecule has 1 fully saturated rings. The number of hydrogen-bond donors (Lipinski definition) is 0. The van der Waals surface area contributed by atoms with Crippen LogP contribution in [0.3, 0.4) is 0 Å². The Morgan fingerprint density at radius 3 is 2.35 bits per heavy atom. The number of rotatable bonds is 3. The topological polar surface area (TPSA) is 60.4 Å². The van der Waals surface area contributed by atoms with Crippen molar-refractivity contribution in [3.63, 3.8) is 0 Å². The van der Waals surface area contributed by atoms with Gasteiger partial charge in [-0.25, -0.2) is 17.6 Å². The van der Waals surface area contributed by atoms with Gasteiger partial charge in [0.2, 0.25) is 0 Å². The molecule has 110 valence electrons. The zero-order valence-electron chi connectivity index (χ0n) is 9.83. The fourth-order valence-electron chi connectivity index (χ4n) is 1.65. The van der Waals surface area contributed by atoms with Gasteiger partial charge in [-0.3, -0.25) is 0 Å². The van der Waals surface area contributed by atoms with Crippen LogP contribution < -0.4 is 0 Å². The first-order chi connectivity index (χ1) is 9.21. The Balaban J connectivity index is 2.48. The lowest BCUT2D eigenvalue weighted by molar-refractivity contribution is 0.00895. The summed E-state index contributed by atoms with van der Waals surface area (Å²) in [6.45, 7) is 0. The average Bonchev–Trinajstić information content (AvgIpc) is 2.26. The highest BCUT2D eigenvalue weighted by molar-refractivity contribution is 8.14. The van der Waals surface area contributed by atoms with Crippen LogP contribution in [0.1, 0.15) is 29.6 Å². The molecule has 0 bridgehead atoms. The van der Waals surface area contributed by atoms with Gasteiger partial charge in [0.25, 0.3) is 9.05 Å². The Hall–Kier alpha value is -0.560. The lowest BCUT2D eigenvalue weighted by Crippen LogP contribution is -2.25. The van der Waals surface area contributed by atoms with Gasteiger partial charge >= 0.3 is 5.97 Å². The second-order valence-corrected chi connectivity index (χ2v) is 7.52. The SMILES string of the molecule is O=C(OC1CCC1)c1cc(F)c(Cl)c(S(=O)(=O)Cl)c1Cl. The highest BCUT2D eigenvalue weighted by atomic mass is 35.7. The third-order valence-corrected chi connectivity index (χ3v) is 5.25. The number of benzene rings is 1. The molecular formula is C11H8Cl3FO4S. The van der Waals surface area contributed by atoms with Crippen molar-refractivity contribution < 1.29 is 22.3 Å². The summed E-state index contributed by atoms with van der Waals surface area (Å²) in [4.78, 5) is 11.0. The van der Waals surface area contributed by atoms with E-state index in [1.54, 1.807) is 0 Å². The Kier molecular flexibility index (Phi) is 4.49. The summed E-state index contributed by atoms with van der Waals surface area (Å²) in [5.74, 6) is -2.02. The molecule has 20 heavy (non-hydrogen) atoms. The maximum Gasteiger partial charge on any atom is 0.340 e. The molecule has 0 saturated heterocycles. The van der Waals surface area contributed by atoms with Crippen molar-refractivity contribution in [2.45, 2.75) is 30.3 Å². The van der Waals surface area contributed by atoms with Crippen LogP contribution in [0.2, 0.25) is 10.0 Å². The molecule has 0 atom stereocenters. The van der Waals surface area contributed by atoms with Gasteiger partial charge in [0, 0.05) is 10.7 Å².